The predicted octanol–water partition coefficient (Wildman–Crippen LogP) is 2.83. The molecule has 0 fully saturated rings. The number of aromatic nitrogens is 3. The highest BCUT2D eigenvalue weighted by Crippen LogP contribution is 2.27. The smallest absolute Gasteiger partial charge is 0.336 e. The molecule has 0 bridgehead atoms. The molecule has 0 spiro atoms. The Hall–Kier alpha value is -2.46. The monoisotopic (exact) mass is 418 g/mol. The van der Waals surface area contributed by atoms with E-state index in [2.05, 4.69) is 15.4 Å². The number of anilines is 1. The average molecular weight is 419 g/mol. The van der Waals surface area contributed by atoms with Gasteiger partial charge in [0.05, 0.1) is 29.9 Å². The molecular formula is C20H26N4O4S. The van der Waals surface area contributed by atoms with Crippen LogP contribution in [0.1, 0.15) is 6.92 Å². The molecule has 156 valence electrons. The molecule has 0 aliphatic carbocycles. The van der Waals surface area contributed by atoms with E-state index in [9.17, 15) is 5.11 Å². The zero-order valence-electron chi connectivity index (χ0n) is 16.6. The number of aliphatic hydroxyl groups excluding tert-OH is 1. The first kappa shape index (κ1) is 21.3. The molecule has 0 amide bonds. The number of hydrogen-bond donors (Lipinski definition) is 2. The minimum Gasteiger partial charge on any atom is -0.460 e. The largest absolute Gasteiger partial charge is 0.460 e. The van der Waals surface area contributed by atoms with Gasteiger partial charge in [-0.05, 0) is 42.6 Å². The summed E-state index contributed by atoms with van der Waals surface area (Å²) in [6.07, 6.45) is -0.559. The summed E-state index contributed by atoms with van der Waals surface area (Å²) in [7, 11) is 1.57. The second kappa shape index (κ2) is 10.9. The van der Waals surface area contributed by atoms with Crippen molar-refractivity contribution in [2.24, 2.45) is 0 Å². The van der Waals surface area contributed by atoms with Crippen LogP contribution in [0.3, 0.4) is 0 Å². The van der Waals surface area contributed by atoms with Crippen LogP contribution in [-0.2, 0) is 9.47 Å². The van der Waals surface area contributed by atoms with E-state index in [1.165, 1.54) is 0 Å². The molecule has 9 heteroatoms. The van der Waals surface area contributed by atoms with Crippen LogP contribution in [0.15, 0.2) is 41.8 Å². The first-order chi connectivity index (χ1) is 14.2. The molecule has 0 saturated carbocycles. The summed E-state index contributed by atoms with van der Waals surface area (Å²) in [5.41, 5.74) is 1.76. The Labute approximate surface area is 174 Å². The number of thiophene rings is 1. The van der Waals surface area contributed by atoms with Gasteiger partial charge in [0.15, 0.2) is 5.82 Å². The second-order valence-corrected chi connectivity index (χ2v) is 7.14. The number of methoxy groups -OCH3 is 1. The van der Waals surface area contributed by atoms with Crippen LogP contribution in [0, 0.1) is 0 Å². The van der Waals surface area contributed by atoms with E-state index in [0.717, 1.165) is 22.1 Å². The maximum atomic E-state index is 9.76. The fourth-order valence-electron chi connectivity index (χ4n) is 2.64. The van der Waals surface area contributed by atoms with Crippen molar-refractivity contribution in [1.82, 2.24) is 14.8 Å². The molecule has 0 aliphatic heterocycles. The lowest BCUT2D eigenvalue weighted by atomic mass is 10.2. The van der Waals surface area contributed by atoms with Crippen molar-refractivity contribution in [3.63, 3.8) is 0 Å². The highest BCUT2D eigenvalue weighted by molar-refractivity contribution is 7.13. The normalized spacial score (nSPS) is 12.1. The third-order valence-electron chi connectivity index (χ3n) is 4.00. The first-order valence-corrected chi connectivity index (χ1v) is 10.3. The van der Waals surface area contributed by atoms with Gasteiger partial charge in [0, 0.05) is 25.9 Å². The van der Waals surface area contributed by atoms with Crippen molar-refractivity contribution in [2.75, 3.05) is 45.4 Å². The maximum absolute atomic E-state index is 9.76. The molecule has 1 atom stereocenters. The van der Waals surface area contributed by atoms with Gasteiger partial charge >= 0.3 is 6.01 Å². The lowest BCUT2D eigenvalue weighted by molar-refractivity contribution is 0.0727. The quantitative estimate of drug-likeness (QED) is 0.437. The summed E-state index contributed by atoms with van der Waals surface area (Å²) in [5.74, 6) is 0.725. The van der Waals surface area contributed by atoms with Crippen LogP contribution >= 0.6 is 11.3 Å². The van der Waals surface area contributed by atoms with Crippen molar-refractivity contribution in [1.29, 1.82) is 0 Å². The third kappa shape index (κ3) is 6.01. The van der Waals surface area contributed by atoms with Crippen LogP contribution in [0.4, 0.5) is 5.69 Å². The van der Waals surface area contributed by atoms with E-state index >= 15 is 0 Å². The summed E-state index contributed by atoms with van der Waals surface area (Å²) in [4.78, 5) is 5.55. The molecule has 0 aliphatic rings. The topological polar surface area (TPSA) is 90.7 Å². The third-order valence-corrected chi connectivity index (χ3v) is 4.87. The second-order valence-electron chi connectivity index (χ2n) is 6.19. The Morgan fingerprint density at radius 3 is 2.72 bits per heavy atom. The molecule has 29 heavy (non-hydrogen) atoms. The maximum Gasteiger partial charge on any atom is 0.336 e. The molecule has 3 aromatic rings. The van der Waals surface area contributed by atoms with Gasteiger partial charge in [-0.2, -0.15) is 4.98 Å². The van der Waals surface area contributed by atoms with Crippen LogP contribution in [0.25, 0.3) is 16.4 Å². The van der Waals surface area contributed by atoms with E-state index in [1.807, 2.05) is 48.7 Å². The summed E-state index contributed by atoms with van der Waals surface area (Å²) >= 11 is 1.59. The van der Waals surface area contributed by atoms with Gasteiger partial charge in [-0.3, -0.25) is 0 Å². The molecule has 2 aromatic heterocycles. The van der Waals surface area contributed by atoms with E-state index in [4.69, 9.17) is 14.2 Å². The lowest BCUT2D eigenvalue weighted by Gasteiger charge is -2.12. The number of nitrogens with one attached hydrogen (secondary N) is 1. The van der Waals surface area contributed by atoms with E-state index in [0.29, 0.717) is 39.0 Å². The van der Waals surface area contributed by atoms with Crippen molar-refractivity contribution < 1.29 is 19.3 Å². The number of ether oxygens (including phenoxy) is 3. The van der Waals surface area contributed by atoms with Crippen molar-refractivity contribution in [3.8, 4) is 22.4 Å². The highest BCUT2D eigenvalue weighted by atomic mass is 32.1. The van der Waals surface area contributed by atoms with Gasteiger partial charge in [-0.25, -0.2) is 4.68 Å². The highest BCUT2D eigenvalue weighted by Gasteiger charge is 2.15. The summed E-state index contributed by atoms with van der Waals surface area (Å²) in [6, 6.07) is 12.1. The van der Waals surface area contributed by atoms with E-state index in [-0.39, 0.29) is 0 Å². The molecule has 2 heterocycles. The fourth-order valence-corrected chi connectivity index (χ4v) is 3.34. The van der Waals surface area contributed by atoms with Gasteiger partial charge in [-0.15, -0.1) is 16.4 Å². The number of aliphatic hydroxyl groups is 1. The first-order valence-electron chi connectivity index (χ1n) is 9.44. The van der Waals surface area contributed by atoms with Crippen molar-refractivity contribution in [3.05, 3.63) is 41.8 Å². The zero-order chi connectivity index (χ0) is 20.5. The standard InChI is InChI=1S/C20H26N4O4S/c1-3-27-10-11-28-20-22-19(18-5-4-12-29-18)24(23-20)16-8-6-15(7-9-16)21-13-17(25)14-26-2/h4-9,12,17,21,25H,3,10-11,13-14H2,1-2H3/t17-/m1/s1. The Morgan fingerprint density at radius 2 is 2.03 bits per heavy atom. The van der Waals surface area contributed by atoms with Crippen molar-refractivity contribution >= 4 is 17.0 Å². The van der Waals surface area contributed by atoms with Crippen LogP contribution in [0.2, 0.25) is 0 Å². The van der Waals surface area contributed by atoms with Gasteiger partial charge in [-0.1, -0.05) is 6.07 Å². The average Bonchev–Trinajstić information content (AvgIpc) is 3.40. The number of rotatable bonds is 12. The molecule has 1 aromatic carbocycles. The summed E-state index contributed by atoms with van der Waals surface area (Å²) < 4.78 is 17.6. The SMILES string of the molecule is CCOCCOc1nc(-c2cccs2)n(-c2ccc(NC[C@@H](O)COC)cc2)n1. The number of benzene rings is 1. The van der Waals surface area contributed by atoms with Gasteiger partial charge < -0.3 is 24.6 Å². The van der Waals surface area contributed by atoms with Gasteiger partial charge in [0.1, 0.15) is 6.61 Å². The van der Waals surface area contributed by atoms with Gasteiger partial charge in [0.25, 0.3) is 0 Å². The Balaban J connectivity index is 1.75. The zero-order valence-corrected chi connectivity index (χ0v) is 17.4. The van der Waals surface area contributed by atoms with E-state index in [1.54, 1.807) is 23.1 Å². The van der Waals surface area contributed by atoms with Gasteiger partial charge in [0.2, 0.25) is 0 Å². The molecule has 3 rings (SSSR count). The molecule has 8 nitrogen and oxygen atoms in total. The van der Waals surface area contributed by atoms with E-state index < -0.39 is 6.10 Å². The lowest BCUT2D eigenvalue weighted by Crippen LogP contribution is -2.24. The summed E-state index contributed by atoms with van der Waals surface area (Å²) in [5, 5.41) is 19.5. The predicted molar refractivity (Wildman–Crippen MR) is 113 cm³/mol. The Kier molecular flexibility index (Phi) is 8.00. The minimum atomic E-state index is -0.559. The molecule has 2 N–H and O–H groups in total. The van der Waals surface area contributed by atoms with Crippen LogP contribution in [0.5, 0.6) is 6.01 Å². The molecular weight excluding hydrogens is 392 g/mol. The number of nitrogens with zero attached hydrogens (tertiary/aromatic N) is 3. The molecule has 0 saturated heterocycles. The van der Waals surface area contributed by atoms with Crippen LogP contribution < -0.4 is 10.1 Å². The minimum absolute atomic E-state index is 0.292. The molecule has 0 unspecified atom stereocenters. The Bertz CT molecular complexity index is 852. The summed E-state index contributed by atoms with van der Waals surface area (Å²) in [6.45, 7) is 4.19. The van der Waals surface area contributed by atoms with Crippen LogP contribution in [-0.4, -0.2) is 66.1 Å². The molecule has 0 radical (unpaired) electrons. The fraction of sp³-hybridized carbons (Fsp3) is 0.400. The number of hydrogen-bond acceptors (Lipinski definition) is 8. The van der Waals surface area contributed by atoms with Crippen molar-refractivity contribution in [2.45, 2.75) is 13.0 Å². The Morgan fingerprint density at radius 1 is 1.21 bits per heavy atom.